The summed E-state index contributed by atoms with van der Waals surface area (Å²) < 4.78 is 43.6. The third-order valence-corrected chi connectivity index (χ3v) is 6.51. The van der Waals surface area contributed by atoms with Gasteiger partial charge in [0, 0.05) is 22.8 Å². The molecule has 1 aromatic heterocycles. The Hall–Kier alpha value is -2.52. The van der Waals surface area contributed by atoms with E-state index in [9.17, 15) is 17.6 Å². The van der Waals surface area contributed by atoms with Crippen molar-refractivity contribution in [3.63, 3.8) is 0 Å². The standard InChI is InChI=1S/C19H15BrFN3O3S/c20-13-4-2-12(3-5-13)15-11-16(15)19(25)23-28(26,27)14-6-7-18(17(21)10-14)24-9-1-8-22-24/h1-10,15-16H,11H2,(H,23,25)/t15-,16+/m0/s1. The molecule has 6 nitrogen and oxygen atoms in total. The molecule has 2 atom stereocenters. The molecule has 0 aliphatic heterocycles. The SMILES string of the molecule is O=C(NS(=O)(=O)c1ccc(-n2cccn2)c(F)c1)[C@@H]1C[C@H]1c1ccc(Br)cc1. The lowest BCUT2D eigenvalue weighted by Gasteiger charge is -2.09. The van der Waals surface area contributed by atoms with Crippen LogP contribution >= 0.6 is 15.9 Å². The Balaban J connectivity index is 1.48. The normalized spacial score (nSPS) is 18.6. The molecule has 1 heterocycles. The van der Waals surface area contributed by atoms with Crippen molar-refractivity contribution in [3.05, 3.63) is 76.8 Å². The quantitative estimate of drug-likeness (QED) is 0.628. The number of hydrogen-bond donors (Lipinski definition) is 1. The molecule has 0 unspecified atom stereocenters. The van der Waals surface area contributed by atoms with Crippen molar-refractivity contribution >= 4 is 31.9 Å². The number of hydrogen-bond acceptors (Lipinski definition) is 4. The minimum Gasteiger partial charge on any atom is -0.274 e. The molecule has 0 spiro atoms. The summed E-state index contributed by atoms with van der Waals surface area (Å²) in [7, 11) is -4.16. The van der Waals surface area contributed by atoms with Crippen LogP contribution in [0.5, 0.6) is 0 Å². The van der Waals surface area contributed by atoms with E-state index in [-0.39, 0.29) is 16.5 Å². The molecule has 28 heavy (non-hydrogen) atoms. The molecule has 144 valence electrons. The van der Waals surface area contributed by atoms with E-state index in [2.05, 4.69) is 25.8 Å². The molecule has 0 radical (unpaired) electrons. The monoisotopic (exact) mass is 463 g/mol. The fourth-order valence-corrected chi connectivity index (χ4v) is 4.39. The molecular formula is C19H15BrFN3O3S. The third-order valence-electron chi connectivity index (χ3n) is 4.64. The van der Waals surface area contributed by atoms with Gasteiger partial charge in [-0.25, -0.2) is 22.2 Å². The lowest BCUT2D eigenvalue weighted by Crippen LogP contribution is -2.32. The van der Waals surface area contributed by atoms with Crippen LogP contribution in [0.15, 0.2) is 70.3 Å². The van der Waals surface area contributed by atoms with Crippen LogP contribution in [0.2, 0.25) is 0 Å². The summed E-state index contributed by atoms with van der Waals surface area (Å²) in [4.78, 5) is 12.1. The van der Waals surface area contributed by atoms with Crippen LogP contribution in [0.3, 0.4) is 0 Å². The Morgan fingerprint density at radius 1 is 1.21 bits per heavy atom. The molecule has 1 N–H and O–H groups in total. The van der Waals surface area contributed by atoms with Crippen LogP contribution in [0.25, 0.3) is 5.69 Å². The predicted molar refractivity (Wildman–Crippen MR) is 104 cm³/mol. The summed E-state index contributed by atoms with van der Waals surface area (Å²) in [6.45, 7) is 0. The highest BCUT2D eigenvalue weighted by Crippen LogP contribution is 2.47. The van der Waals surface area contributed by atoms with Gasteiger partial charge in [-0.2, -0.15) is 5.10 Å². The number of nitrogens with one attached hydrogen (secondary N) is 1. The summed E-state index contributed by atoms with van der Waals surface area (Å²) in [5.41, 5.74) is 1.10. The van der Waals surface area contributed by atoms with Crippen LogP contribution in [0.1, 0.15) is 17.9 Å². The van der Waals surface area contributed by atoms with E-state index in [1.54, 1.807) is 12.3 Å². The van der Waals surface area contributed by atoms with Crippen molar-refractivity contribution in [2.24, 2.45) is 5.92 Å². The minimum atomic E-state index is -4.16. The van der Waals surface area contributed by atoms with E-state index in [0.29, 0.717) is 6.42 Å². The number of benzene rings is 2. The molecule has 1 aliphatic rings. The molecule has 0 saturated heterocycles. The van der Waals surface area contributed by atoms with Gasteiger partial charge in [-0.15, -0.1) is 0 Å². The highest BCUT2D eigenvalue weighted by molar-refractivity contribution is 9.10. The van der Waals surface area contributed by atoms with Crippen LogP contribution in [-0.2, 0) is 14.8 Å². The third kappa shape index (κ3) is 3.72. The topological polar surface area (TPSA) is 81.1 Å². The molecule has 0 bridgehead atoms. The van der Waals surface area contributed by atoms with Gasteiger partial charge in [-0.3, -0.25) is 4.79 Å². The molecule has 1 saturated carbocycles. The van der Waals surface area contributed by atoms with Crippen molar-refractivity contribution in [2.45, 2.75) is 17.2 Å². The first kappa shape index (κ1) is 18.8. The predicted octanol–water partition coefficient (Wildman–Crippen LogP) is 3.38. The fraction of sp³-hybridized carbons (Fsp3) is 0.158. The summed E-state index contributed by atoms with van der Waals surface area (Å²) in [6, 6.07) is 12.6. The minimum absolute atomic E-state index is 0.0118. The highest BCUT2D eigenvalue weighted by atomic mass is 79.9. The number of carbonyl (C=O) groups is 1. The number of amides is 1. The van der Waals surface area contributed by atoms with E-state index in [1.807, 2.05) is 24.3 Å². The zero-order valence-electron chi connectivity index (χ0n) is 14.4. The maximum absolute atomic E-state index is 14.3. The highest BCUT2D eigenvalue weighted by Gasteiger charge is 2.45. The molecule has 4 rings (SSSR count). The van der Waals surface area contributed by atoms with Gasteiger partial charge in [-0.05, 0) is 54.3 Å². The zero-order valence-corrected chi connectivity index (χ0v) is 16.8. The summed E-state index contributed by atoms with van der Waals surface area (Å²) >= 11 is 3.35. The van der Waals surface area contributed by atoms with Crippen LogP contribution in [0.4, 0.5) is 4.39 Å². The fourth-order valence-electron chi connectivity index (χ4n) is 3.08. The number of rotatable bonds is 5. The van der Waals surface area contributed by atoms with Gasteiger partial charge in [0.05, 0.1) is 4.90 Å². The van der Waals surface area contributed by atoms with Gasteiger partial charge in [0.15, 0.2) is 0 Å². The Labute approximate surface area is 169 Å². The Bertz CT molecular complexity index is 1130. The van der Waals surface area contributed by atoms with Gasteiger partial charge >= 0.3 is 0 Å². The first-order valence-corrected chi connectivity index (χ1v) is 10.7. The first-order valence-electron chi connectivity index (χ1n) is 8.47. The summed E-state index contributed by atoms with van der Waals surface area (Å²) in [5, 5.41) is 3.92. The second-order valence-corrected chi connectivity index (χ2v) is 9.13. The summed E-state index contributed by atoms with van der Waals surface area (Å²) in [5.74, 6) is -1.76. The Morgan fingerprint density at radius 2 is 1.96 bits per heavy atom. The van der Waals surface area contributed by atoms with Crippen LogP contribution < -0.4 is 4.72 Å². The second-order valence-electron chi connectivity index (χ2n) is 6.53. The number of nitrogens with zero attached hydrogens (tertiary/aromatic N) is 2. The Kier molecular flexibility index (Phi) is 4.80. The van der Waals surface area contributed by atoms with Gasteiger partial charge < -0.3 is 0 Å². The molecule has 9 heteroatoms. The smallest absolute Gasteiger partial charge is 0.264 e. The van der Waals surface area contributed by atoms with Gasteiger partial charge in [0.1, 0.15) is 11.5 Å². The molecule has 3 aromatic rings. The van der Waals surface area contributed by atoms with Crippen molar-refractivity contribution in [3.8, 4) is 5.69 Å². The molecule has 1 amide bonds. The van der Waals surface area contributed by atoms with Crippen LogP contribution in [0, 0.1) is 11.7 Å². The number of sulfonamides is 1. The van der Waals surface area contributed by atoms with Crippen molar-refractivity contribution in [1.82, 2.24) is 14.5 Å². The van der Waals surface area contributed by atoms with E-state index in [0.717, 1.165) is 16.1 Å². The lowest BCUT2D eigenvalue weighted by molar-refractivity contribution is -0.120. The number of aromatic nitrogens is 2. The van der Waals surface area contributed by atoms with Gasteiger partial charge in [0.25, 0.3) is 10.0 Å². The van der Waals surface area contributed by atoms with Gasteiger partial charge in [-0.1, -0.05) is 28.1 Å². The Morgan fingerprint density at radius 3 is 2.61 bits per heavy atom. The zero-order chi connectivity index (χ0) is 19.9. The largest absolute Gasteiger partial charge is 0.274 e. The number of carbonyl (C=O) groups excluding carboxylic acids is 1. The number of halogens is 2. The average molecular weight is 464 g/mol. The van der Waals surface area contributed by atoms with Crippen molar-refractivity contribution in [1.29, 1.82) is 0 Å². The van der Waals surface area contributed by atoms with Gasteiger partial charge in [0.2, 0.25) is 5.91 Å². The maximum atomic E-state index is 14.3. The van der Waals surface area contributed by atoms with E-state index < -0.39 is 27.7 Å². The van der Waals surface area contributed by atoms with E-state index in [1.165, 1.54) is 23.0 Å². The maximum Gasteiger partial charge on any atom is 0.264 e. The van der Waals surface area contributed by atoms with Crippen LogP contribution in [-0.4, -0.2) is 24.1 Å². The van der Waals surface area contributed by atoms with E-state index >= 15 is 0 Å². The van der Waals surface area contributed by atoms with E-state index in [4.69, 9.17) is 0 Å². The average Bonchev–Trinajstić information content (AvgIpc) is 3.28. The van der Waals surface area contributed by atoms with Crippen molar-refractivity contribution in [2.75, 3.05) is 0 Å². The molecule has 1 aliphatic carbocycles. The first-order chi connectivity index (χ1) is 13.3. The molecular weight excluding hydrogens is 449 g/mol. The lowest BCUT2D eigenvalue weighted by atomic mass is 10.1. The molecule has 2 aromatic carbocycles. The summed E-state index contributed by atoms with van der Waals surface area (Å²) in [6.07, 6.45) is 3.61. The van der Waals surface area contributed by atoms with Crippen molar-refractivity contribution < 1.29 is 17.6 Å². The molecule has 1 fully saturated rings. The second kappa shape index (κ2) is 7.14.